The zero-order valence-corrected chi connectivity index (χ0v) is 18.6. The summed E-state index contributed by atoms with van der Waals surface area (Å²) in [7, 11) is 0. The van der Waals surface area contributed by atoms with Gasteiger partial charge >= 0.3 is 0 Å². The maximum Gasteiger partial charge on any atom is 0.256 e. The van der Waals surface area contributed by atoms with E-state index in [-0.39, 0.29) is 11.8 Å². The van der Waals surface area contributed by atoms with Crippen molar-refractivity contribution in [1.82, 2.24) is 15.2 Å². The molecule has 1 N–H and O–H groups in total. The van der Waals surface area contributed by atoms with Crippen LogP contribution in [0.2, 0.25) is 0 Å². The maximum absolute atomic E-state index is 12.9. The fourth-order valence-electron chi connectivity index (χ4n) is 3.05. The molecule has 1 saturated heterocycles. The Morgan fingerprint density at radius 1 is 1.14 bits per heavy atom. The number of hydrogen-bond acceptors (Lipinski definition) is 5. The summed E-state index contributed by atoms with van der Waals surface area (Å²) in [5, 5.41) is 5.83. The Labute approximate surface area is 185 Å². The number of carbonyl (C=O) groups is 2. The summed E-state index contributed by atoms with van der Waals surface area (Å²) in [4.78, 5) is 31.9. The molecule has 0 aliphatic carbocycles. The van der Waals surface area contributed by atoms with Crippen LogP contribution < -0.4 is 5.32 Å². The Balaban J connectivity index is 1.40. The first-order valence-electron chi connectivity index (χ1n) is 9.04. The van der Waals surface area contributed by atoms with Gasteiger partial charge in [-0.05, 0) is 28.1 Å². The summed E-state index contributed by atoms with van der Waals surface area (Å²) in [6.07, 6.45) is 0. The second-order valence-electron chi connectivity index (χ2n) is 6.50. The standard InChI is InChI=1S/C21H18BrN3O2S2/c22-17-9-5-4-8-16(17)21(27)25-13-28-12-18(25)19(26)23-10-15-11-29-20(24-15)14-6-2-1-3-7-14/h1-9,11,18H,10,12-13H2,(H,23,26)/t18-/m1/s1. The van der Waals surface area contributed by atoms with Crippen molar-refractivity contribution in [3.8, 4) is 10.6 Å². The number of nitrogens with zero attached hydrogens (tertiary/aromatic N) is 2. The number of nitrogens with one attached hydrogen (secondary N) is 1. The number of benzene rings is 2. The van der Waals surface area contributed by atoms with E-state index in [4.69, 9.17) is 0 Å². The summed E-state index contributed by atoms with van der Waals surface area (Å²) in [6.45, 7) is 0.348. The third-order valence-electron chi connectivity index (χ3n) is 4.57. The third-order valence-corrected chi connectivity index (χ3v) is 7.21. The van der Waals surface area contributed by atoms with Gasteiger partial charge in [-0.2, -0.15) is 0 Å². The van der Waals surface area contributed by atoms with E-state index >= 15 is 0 Å². The topological polar surface area (TPSA) is 62.3 Å². The van der Waals surface area contributed by atoms with Crippen LogP contribution in [-0.4, -0.2) is 39.4 Å². The lowest BCUT2D eigenvalue weighted by molar-refractivity contribution is -0.124. The summed E-state index contributed by atoms with van der Waals surface area (Å²) in [6, 6.07) is 16.8. The van der Waals surface area contributed by atoms with E-state index in [1.54, 1.807) is 34.1 Å². The molecule has 5 nitrogen and oxygen atoms in total. The first-order chi connectivity index (χ1) is 14.1. The van der Waals surface area contributed by atoms with Crippen LogP contribution in [0.1, 0.15) is 16.1 Å². The Hall–Kier alpha value is -2.16. The maximum atomic E-state index is 12.9. The molecule has 1 fully saturated rings. The van der Waals surface area contributed by atoms with Gasteiger partial charge in [0.2, 0.25) is 5.91 Å². The normalized spacial score (nSPS) is 16.0. The van der Waals surface area contributed by atoms with Gasteiger partial charge in [-0.25, -0.2) is 4.98 Å². The highest BCUT2D eigenvalue weighted by atomic mass is 79.9. The Morgan fingerprint density at radius 2 is 1.90 bits per heavy atom. The third kappa shape index (κ3) is 4.55. The average Bonchev–Trinajstić information content (AvgIpc) is 3.42. The molecule has 8 heteroatoms. The van der Waals surface area contributed by atoms with Crippen molar-refractivity contribution in [2.45, 2.75) is 12.6 Å². The van der Waals surface area contributed by atoms with E-state index in [9.17, 15) is 9.59 Å². The molecule has 1 aromatic heterocycles. The predicted octanol–water partition coefficient (Wildman–Crippen LogP) is 4.40. The van der Waals surface area contributed by atoms with Gasteiger partial charge in [0.25, 0.3) is 5.91 Å². The van der Waals surface area contributed by atoms with E-state index in [1.807, 2.05) is 53.9 Å². The molecule has 29 heavy (non-hydrogen) atoms. The number of amides is 2. The minimum absolute atomic E-state index is 0.136. The highest BCUT2D eigenvalue weighted by Gasteiger charge is 2.35. The Bertz CT molecular complexity index is 1030. The molecule has 0 saturated carbocycles. The van der Waals surface area contributed by atoms with Crippen LogP contribution in [0.25, 0.3) is 10.6 Å². The number of thioether (sulfide) groups is 1. The molecule has 2 aromatic carbocycles. The number of rotatable bonds is 5. The molecule has 3 aromatic rings. The number of aromatic nitrogens is 1. The summed E-state index contributed by atoms with van der Waals surface area (Å²) in [5.74, 6) is 0.814. The fourth-order valence-corrected chi connectivity index (χ4v) is 5.48. The van der Waals surface area contributed by atoms with Crippen molar-refractivity contribution >= 4 is 50.8 Å². The molecule has 2 amide bonds. The zero-order chi connectivity index (χ0) is 20.2. The van der Waals surface area contributed by atoms with Gasteiger partial charge in [0.05, 0.1) is 23.7 Å². The molecule has 0 radical (unpaired) electrons. The van der Waals surface area contributed by atoms with E-state index in [0.29, 0.717) is 23.7 Å². The van der Waals surface area contributed by atoms with Crippen molar-refractivity contribution in [3.05, 3.63) is 75.7 Å². The van der Waals surface area contributed by atoms with E-state index in [1.165, 1.54) is 0 Å². The first kappa shape index (κ1) is 20.1. The van der Waals surface area contributed by atoms with Crippen LogP contribution in [0.3, 0.4) is 0 Å². The second-order valence-corrected chi connectivity index (χ2v) is 9.21. The summed E-state index contributed by atoms with van der Waals surface area (Å²) < 4.78 is 0.733. The fraction of sp³-hybridized carbons (Fsp3) is 0.190. The molecular weight excluding hydrogens is 470 g/mol. The lowest BCUT2D eigenvalue weighted by Gasteiger charge is -2.23. The molecule has 4 rings (SSSR count). The van der Waals surface area contributed by atoms with Crippen LogP contribution in [0.15, 0.2) is 64.5 Å². The van der Waals surface area contributed by atoms with Crippen molar-refractivity contribution in [2.75, 3.05) is 11.6 Å². The lowest BCUT2D eigenvalue weighted by atomic mass is 10.1. The number of thiazole rings is 1. The quantitative estimate of drug-likeness (QED) is 0.578. The van der Waals surface area contributed by atoms with Gasteiger partial charge < -0.3 is 10.2 Å². The van der Waals surface area contributed by atoms with Gasteiger partial charge in [0.15, 0.2) is 0 Å². The second kappa shape index (κ2) is 9.11. The molecule has 148 valence electrons. The minimum atomic E-state index is -0.480. The van der Waals surface area contributed by atoms with Crippen molar-refractivity contribution in [1.29, 1.82) is 0 Å². The molecule has 2 heterocycles. The summed E-state index contributed by atoms with van der Waals surface area (Å²) in [5.41, 5.74) is 2.45. The van der Waals surface area contributed by atoms with Crippen LogP contribution in [0, 0.1) is 0 Å². The monoisotopic (exact) mass is 487 g/mol. The van der Waals surface area contributed by atoms with Gasteiger partial charge in [0, 0.05) is 21.2 Å². The van der Waals surface area contributed by atoms with Gasteiger partial charge in [-0.15, -0.1) is 23.1 Å². The molecule has 1 aliphatic rings. The lowest BCUT2D eigenvalue weighted by Crippen LogP contribution is -2.47. The molecular formula is C21H18BrN3O2S2. The van der Waals surface area contributed by atoms with Gasteiger partial charge in [-0.1, -0.05) is 42.5 Å². The predicted molar refractivity (Wildman–Crippen MR) is 121 cm³/mol. The average molecular weight is 488 g/mol. The van der Waals surface area contributed by atoms with Gasteiger partial charge in [-0.3, -0.25) is 9.59 Å². The highest BCUT2D eigenvalue weighted by molar-refractivity contribution is 9.10. The van der Waals surface area contributed by atoms with Crippen LogP contribution in [-0.2, 0) is 11.3 Å². The van der Waals surface area contributed by atoms with Crippen LogP contribution >= 0.6 is 39.0 Å². The minimum Gasteiger partial charge on any atom is -0.349 e. The van der Waals surface area contributed by atoms with Crippen LogP contribution in [0.5, 0.6) is 0 Å². The van der Waals surface area contributed by atoms with Gasteiger partial charge in [0.1, 0.15) is 11.0 Å². The number of halogens is 1. The zero-order valence-electron chi connectivity index (χ0n) is 15.4. The number of hydrogen-bond donors (Lipinski definition) is 1. The molecule has 1 aliphatic heterocycles. The first-order valence-corrected chi connectivity index (χ1v) is 11.9. The smallest absolute Gasteiger partial charge is 0.256 e. The van der Waals surface area contributed by atoms with Crippen LogP contribution in [0.4, 0.5) is 0 Å². The number of carbonyl (C=O) groups excluding carboxylic acids is 2. The molecule has 1 atom stereocenters. The molecule has 0 unspecified atom stereocenters. The largest absolute Gasteiger partial charge is 0.349 e. The van der Waals surface area contributed by atoms with Crippen molar-refractivity contribution in [2.24, 2.45) is 0 Å². The van der Waals surface area contributed by atoms with Crippen molar-refractivity contribution < 1.29 is 9.59 Å². The van der Waals surface area contributed by atoms with E-state index in [2.05, 4.69) is 26.2 Å². The van der Waals surface area contributed by atoms with Crippen molar-refractivity contribution in [3.63, 3.8) is 0 Å². The Kier molecular flexibility index (Phi) is 6.32. The van der Waals surface area contributed by atoms with E-state index in [0.717, 1.165) is 20.7 Å². The van der Waals surface area contributed by atoms with E-state index < -0.39 is 6.04 Å². The highest BCUT2D eigenvalue weighted by Crippen LogP contribution is 2.27. The SMILES string of the molecule is O=C(NCc1csc(-c2ccccc2)n1)[C@H]1CSCN1C(=O)c1ccccc1Br. The Morgan fingerprint density at radius 3 is 2.69 bits per heavy atom. The summed E-state index contributed by atoms with van der Waals surface area (Å²) >= 11 is 6.56. The molecule has 0 spiro atoms. The molecule has 0 bridgehead atoms.